The summed E-state index contributed by atoms with van der Waals surface area (Å²) in [4.78, 5) is 21.8. The number of anilines is 2. The van der Waals surface area contributed by atoms with Gasteiger partial charge in [0.1, 0.15) is 39.5 Å². The molecule has 0 saturated heterocycles. The topological polar surface area (TPSA) is 111 Å². The third-order valence-corrected chi connectivity index (χ3v) is 8.73. The first-order chi connectivity index (χ1) is 16.6. The number of hydrogen-bond donors (Lipinski definition) is 1. The third kappa shape index (κ3) is 5.24. The van der Waals surface area contributed by atoms with Crippen molar-refractivity contribution in [2.45, 2.75) is 44.8 Å². The zero-order chi connectivity index (χ0) is 25.3. The molecule has 35 heavy (non-hydrogen) atoms. The van der Waals surface area contributed by atoms with Gasteiger partial charge in [-0.15, -0.1) is 11.3 Å². The molecule has 12 heteroatoms. The summed E-state index contributed by atoms with van der Waals surface area (Å²) < 4.78 is 51.0. The average molecular weight is 523 g/mol. The smallest absolute Gasteiger partial charge is 0.348 e. The maximum Gasteiger partial charge on any atom is 0.348 e. The molecule has 1 aliphatic carbocycles. The fraction of sp³-hybridized carbons (Fsp3) is 0.435. The lowest BCUT2D eigenvalue weighted by Crippen LogP contribution is -2.48. The number of rotatable bonds is 7. The van der Waals surface area contributed by atoms with Crippen LogP contribution in [0.4, 0.5) is 15.9 Å². The summed E-state index contributed by atoms with van der Waals surface area (Å²) in [6, 6.07) is 3.75. The van der Waals surface area contributed by atoms with Gasteiger partial charge in [0.25, 0.3) is 0 Å². The van der Waals surface area contributed by atoms with Gasteiger partial charge in [-0.3, -0.25) is 0 Å². The van der Waals surface area contributed by atoms with Crippen LogP contribution in [0.1, 0.15) is 40.9 Å². The van der Waals surface area contributed by atoms with Crippen LogP contribution in [0, 0.1) is 12.7 Å². The Morgan fingerprint density at radius 3 is 2.71 bits per heavy atom. The Morgan fingerprint density at radius 2 is 2.00 bits per heavy atom. The van der Waals surface area contributed by atoms with Crippen LogP contribution in [0.5, 0.6) is 5.75 Å². The van der Waals surface area contributed by atoms with Gasteiger partial charge in [0.15, 0.2) is 0 Å². The predicted octanol–water partition coefficient (Wildman–Crippen LogP) is 4.25. The van der Waals surface area contributed by atoms with E-state index in [-0.39, 0.29) is 11.8 Å². The second-order valence-electron chi connectivity index (χ2n) is 8.50. The molecule has 0 spiro atoms. The summed E-state index contributed by atoms with van der Waals surface area (Å²) in [5.74, 6) is -0.261. The Hall–Kier alpha value is -2.83. The highest BCUT2D eigenvalue weighted by molar-refractivity contribution is 7.88. The summed E-state index contributed by atoms with van der Waals surface area (Å²) in [5, 5.41) is 3.85. The zero-order valence-corrected chi connectivity index (χ0v) is 21.5. The number of aromatic nitrogens is 2. The fourth-order valence-electron chi connectivity index (χ4n) is 4.32. The number of likely N-dealkylation sites (N-methyl/N-ethyl adjacent to an activating group) is 1. The van der Waals surface area contributed by atoms with Crippen LogP contribution in [-0.2, 0) is 14.8 Å². The van der Waals surface area contributed by atoms with Gasteiger partial charge in [0.05, 0.1) is 30.5 Å². The number of hydrogen-bond acceptors (Lipinski definition) is 9. The third-order valence-electron chi connectivity index (χ3n) is 6.23. The number of sulfonamides is 1. The van der Waals surface area contributed by atoms with E-state index in [9.17, 15) is 17.6 Å². The number of carbonyl (C=O) groups is 1. The second kappa shape index (κ2) is 10.0. The normalized spacial score (nSPS) is 18.6. The van der Waals surface area contributed by atoms with Crippen molar-refractivity contribution in [1.29, 1.82) is 0 Å². The summed E-state index contributed by atoms with van der Waals surface area (Å²) in [6.07, 6.45) is 5.17. The number of fused-ring (bicyclic) bond motifs is 1. The molecule has 0 amide bonds. The summed E-state index contributed by atoms with van der Waals surface area (Å²) >= 11 is 1.20. The molecule has 0 aliphatic heterocycles. The molecule has 0 bridgehead atoms. The Kier molecular flexibility index (Phi) is 7.25. The molecule has 2 aromatic heterocycles. The van der Waals surface area contributed by atoms with E-state index in [1.54, 1.807) is 20.0 Å². The molecule has 1 unspecified atom stereocenters. The highest BCUT2D eigenvalue weighted by Crippen LogP contribution is 2.38. The number of esters is 1. The van der Waals surface area contributed by atoms with Gasteiger partial charge in [0, 0.05) is 13.1 Å². The van der Waals surface area contributed by atoms with Crippen molar-refractivity contribution < 1.29 is 27.1 Å². The Labute approximate surface area is 207 Å². The maximum atomic E-state index is 14.2. The van der Waals surface area contributed by atoms with E-state index >= 15 is 0 Å². The quantitative estimate of drug-likeness (QED) is 0.459. The molecule has 9 nitrogen and oxygen atoms in total. The monoisotopic (exact) mass is 522 g/mol. The number of methoxy groups -OCH3 is 1. The predicted molar refractivity (Wildman–Crippen MR) is 132 cm³/mol. The number of benzene rings is 1. The summed E-state index contributed by atoms with van der Waals surface area (Å²) in [7, 11) is -0.558. The Bertz CT molecular complexity index is 1360. The van der Waals surface area contributed by atoms with Crippen molar-refractivity contribution in [2.75, 3.05) is 25.7 Å². The molecule has 3 aromatic rings. The number of nitrogens with one attached hydrogen (secondary N) is 1. The molecule has 1 aliphatic rings. The number of thiophene rings is 1. The Morgan fingerprint density at radius 1 is 1.26 bits per heavy atom. The Balaban J connectivity index is 1.69. The van der Waals surface area contributed by atoms with Crippen molar-refractivity contribution >= 4 is 49.1 Å². The van der Waals surface area contributed by atoms with Gasteiger partial charge in [0.2, 0.25) is 10.0 Å². The largest absolute Gasteiger partial charge is 0.486 e. The maximum absolute atomic E-state index is 14.2. The van der Waals surface area contributed by atoms with E-state index in [2.05, 4.69) is 15.3 Å². The van der Waals surface area contributed by atoms with Crippen LogP contribution in [0.3, 0.4) is 0 Å². The number of aryl methyl sites for hydroxylation is 1. The number of nitrogens with zero attached hydrogens (tertiary/aromatic N) is 3. The standard InChI is InChI=1S/C23H27FN4O5S2/c1-13-19-21(25-12-26-22(19)34-20(13)23(29)32-3)27-15-10-9-14(24)11-18(15)33-17-8-6-5-7-16(17)28(2)35(4,30)31/h9-12,16-17H,5-8H2,1-4H3,(H,25,26,27)/t16-,17?/m1/s1. The molecule has 4 rings (SSSR count). The van der Waals surface area contributed by atoms with Crippen LogP contribution in [0.15, 0.2) is 24.5 Å². The number of carbonyl (C=O) groups excluding carboxylic acids is 1. The van der Waals surface area contributed by atoms with Crippen LogP contribution >= 0.6 is 11.3 Å². The van der Waals surface area contributed by atoms with Crippen molar-refractivity contribution in [3.8, 4) is 5.75 Å². The molecule has 1 fully saturated rings. The van der Waals surface area contributed by atoms with Crippen molar-refractivity contribution in [1.82, 2.24) is 14.3 Å². The van der Waals surface area contributed by atoms with Crippen LogP contribution < -0.4 is 10.1 Å². The number of halogens is 1. The van der Waals surface area contributed by atoms with E-state index in [4.69, 9.17) is 9.47 Å². The van der Waals surface area contributed by atoms with E-state index in [0.717, 1.165) is 12.8 Å². The molecular formula is C23H27FN4O5S2. The van der Waals surface area contributed by atoms with Crippen molar-refractivity contribution in [3.05, 3.63) is 40.8 Å². The highest BCUT2D eigenvalue weighted by atomic mass is 32.2. The molecule has 1 aromatic carbocycles. The summed E-state index contributed by atoms with van der Waals surface area (Å²) in [6.45, 7) is 1.79. The van der Waals surface area contributed by atoms with E-state index in [0.29, 0.717) is 45.0 Å². The fourth-order valence-corrected chi connectivity index (χ4v) is 6.12. The molecule has 1 saturated carbocycles. The summed E-state index contributed by atoms with van der Waals surface area (Å²) in [5.41, 5.74) is 1.13. The first-order valence-corrected chi connectivity index (χ1v) is 13.7. The SMILES string of the molecule is COC(=O)c1sc2ncnc(Nc3ccc(F)cc3OC3CCCC[C@H]3N(C)S(C)(=O)=O)c2c1C. The second-order valence-corrected chi connectivity index (χ2v) is 11.5. The number of ether oxygens (including phenoxy) is 2. The lowest BCUT2D eigenvalue weighted by molar-refractivity contribution is 0.0605. The lowest BCUT2D eigenvalue weighted by atomic mass is 9.92. The van der Waals surface area contributed by atoms with Gasteiger partial charge in [-0.05, 0) is 43.9 Å². The molecule has 1 N–H and O–H groups in total. The lowest BCUT2D eigenvalue weighted by Gasteiger charge is -2.37. The van der Waals surface area contributed by atoms with E-state index < -0.39 is 27.9 Å². The minimum atomic E-state index is -3.42. The first-order valence-electron chi connectivity index (χ1n) is 11.1. The van der Waals surface area contributed by atoms with Gasteiger partial charge in [-0.2, -0.15) is 4.31 Å². The van der Waals surface area contributed by atoms with Gasteiger partial charge in [-0.25, -0.2) is 27.6 Å². The van der Waals surface area contributed by atoms with Gasteiger partial charge >= 0.3 is 5.97 Å². The molecular weight excluding hydrogens is 495 g/mol. The van der Waals surface area contributed by atoms with Crippen LogP contribution in [0.2, 0.25) is 0 Å². The average Bonchev–Trinajstić information content (AvgIpc) is 3.17. The minimum Gasteiger partial charge on any atom is -0.486 e. The molecule has 188 valence electrons. The zero-order valence-electron chi connectivity index (χ0n) is 19.9. The molecule has 0 radical (unpaired) electrons. The van der Waals surface area contributed by atoms with Gasteiger partial charge < -0.3 is 14.8 Å². The van der Waals surface area contributed by atoms with Gasteiger partial charge in [-0.1, -0.05) is 6.42 Å². The van der Waals surface area contributed by atoms with Crippen molar-refractivity contribution in [2.24, 2.45) is 0 Å². The van der Waals surface area contributed by atoms with Crippen LogP contribution in [0.25, 0.3) is 10.2 Å². The molecule has 2 heterocycles. The van der Waals surface area contributed by atoms with Crippen molar-refractivity contribution in [3.63, 3.8) is 0 Å². The van der Waals surface area contributed by atoms with E-state index in [1.807, 2.05) is 0 Å². The highest BCUT2D eigenvalue weighted by Gasteiger charge is 2.34. The first kappa shape index (κ1) is 25.3. The van der Waals surface area contributed by atoms with Crippen LogP contribution in [-0.4, -0.2) is 61.2 Å². The molecule has 2 atom stereocenters. The van der Waals surface area contributed by atoms with E-state index in [1.165, 1.54) is 47.5 Å². The minimum absolute atomic E-state index is 0.247.